The van der Waals surface area contributed by atoms with Crippen molar-refractivity contribution in [1.82, 2.24) is 5.32 Å². The Morgan fingerprint density at radius 1 is 1.18 bits per heavy atom. The first kappa shape index (κ1) is 18.0. The lowest BCUT2D eigenvalue weighted by molar-refractivity contribution is -0.141. The quantitative estimate of drug-likeness (QED) is 0.775. The number of ketones is 1. The maximum absolute atomic E-state index is 11.9. The lowest BCUT2D eigenvalue weighted by Gasteiger charge is -2.20. The molecule has 1 rings (SSSR count). The molecule has 0 bridgehead atoms. The Labute approximate surface area is 133 Å². The number of carbonyl (C=O) groups excluding carboxylic acids is 2. The van der Waals surface area contributed by atoms with Crippen molar-refractivity contribution in [3.8, 4) is 0 Å². The molecule has 7 heteroatoms. The number of nitrogens with one attached hydrogen (secondary N) is 2. The number of rotatable bonds is 5. The zero-order chi connectivity index (χ0) is 16.9. The van der Waals surface area contributed by atoms with Gasteiger partial charge in [0.05, 0.1) is 0 Å². The molecule has 0 aliphatic carbocycles. The van der Waals surface area contributed by atoms with Crippen LogP contribution < -0.4 is 10.6 Å². The van der Waals surface area contributed by atoms with Crippen LogP contribution in [0.2, 0.25) is 5.02 Å². The number of anilines is 1. The third-order valence-corrected chi connectivity index (χ3v) is 3.18. The topological polar surface area (TPSA) is 95.5 Å². The van der Waals surface area contributed by atoms with E-state index in [1.54, 1.807) is 45.0 Å². The summed E-state index contributed by atoms with van der Waals surface area (Å²) in [7, 11) is 0. The summed E-state index contributed by atoms with van der Waals surface area (Å²) in [6.45, 7) is 5.09. The predicted octanol–water partition coefficient (Wildman–Crippen LogP) is 2.92. The fourth-order valence-electron chi connectivity index (χ4n) is 1.55. The van der Waals surface area contributed by atoms with Gasteiger partial charge >= 0.3 is 12.0 Å². The van der Waals surface area contributed by atoms with Crippen LogP contribution in [-0.4, -0.2) is 28.9 Å². The van der Waals surface area contributed by atoms with E-state index in [9.17, 15) is 14.4 Å². The molecule has 0 aliphatic rings. The molecule has 1 atom stereocenters. The third kappa shape index (κ3) is 5.73. The number of Topliss-reactive ketones (excluding diaryl/α,β-unsaturated/α-hetero) is 1. The molecule has 22 heavy (non-hydrogen) atoms. The number of amides is 2. The number of aliphatic carboxylic acids is 1. The molecule has 0 radical (unpaired) electrons. The van der Waals surface area contributed by atoms with E-state index in [0.29, 0.717) is 10.7 Å². The number of hydrogen-bond acceptors (Lipinski definition) is 3. The molecule has 0 spiro atoms. The van der Waals surface area contributed by atoms with Gasteiger partial charge in [-0.2, -0.15) is 0 Å². The molecule has 1 aromatic carbocycles. The van der Waals surface area contributed by atoms with Gasteiger partial charge < -0.3 is 15.7 Å². The van der Waals surface area contributed by atoms with Crippen LogP contribution in [0.3, 0.4) is 0 Å². The molecule has 120 valence electrons. The van der Waals surface area contributed by atoms with Gasteiger partial charge in [-0.25, -0.2) is 9.59 Å². The fourth-order valence-corrected chi connectivity index (χ4v) is 1.68. The van der Waals surface area contributed by atoms with E-state index in [0.717, 1.165) is 0 Å². The van der Waals surface area contributed by atoms with Gasteiger partial charge in [-0.05, 0) is 24.3 Å². The van der Waals surface area contributed by atoms with Crippen LogP contribution in [0.4, 0.5) is 10.5 Å². The Morgan fingerprint density at radius 2 is 1.73 bits per heavy atom. The zero-order valence-electron chi connectivity index (χ0n) is 12.6. The zero-order valence-corrected chi connectivity index (χ0v) is 13.4. The lowest BCUT2D eigenvalue weighted by atomic mass is 9.87. The minimum absolute atomic E-state index is 0.244. The fraction of sp³-hybridized carbons (Fsp3) is 0.400. The second kappa shape index (κ2) is 7.26. The average Bonchev–Trinajstić information content (AvgIpc) is 2.39. The normalized spacial score (nSPS) is 12.4. The van der Waals surface area contributed by atoms with Crippen LogP contribution in [0.5, 0.6) is 0 Å². The molecule has 6 nitrogen and oxygen atoms in total. The molecule has 3 N–H and O–H groups in total. The molecule has 2 amide bonds. The molecule has 0 aliphatic heterocycles. The second-order valence-corrected chi connectivity index (χ2v) is 6.31. The van der Waals surface area contributed by atoms with Crippen molar-refractivity contribution in [2.24, 2.45) is 5.41 Å². The Balaban J connectivity index is 2.66. The number of urea groups is 1. The standard InChI is InChI=1S/C15H19ClN2O4/c1-15(2,3)12(19)8-11(13(20)21)18-14(22)17-10-6-4-9(16)5-7-10/h4-7,11H,8H2,1-3H3,(H,20,21)(H2,17,18,22). The summed E-state index contributed by atoms with van der Waals surface area (Å²) >= 11 is 5.73. The highest BCUT2D eigenvalue weighted by Crippen LogP contribution is 2.18. The number of benzene rings is 1. The number of hydrogen-bond donors (Lipinski definition) is 3. The van der Waals surface area contributed by atoms with Crippen LogP contribution in [0.15, 0.2) is 24.3 Å². The van der Waals surface area contributed by atoms with Crippen molar-refractivity contribution in [2.45, 2.75) is 33.2 Å². The first-order valence-corrected chi connectivity index (χ1v) is 7.06. The summed E-state index contributed by atoms with van der Waals surface area (Å²) in [6.07, 6.45) is -0.271. The van der Waals surface area contributed by atoms with Crippen molar-refractivity contribution < 1.29 is 19.5 Å². The van der Waals surface area contributed by atoms with Gasteiger partial charge in [0.1, 0.15) is 11.8 Å². The smallest absolute Gasteiger partial charge is 0.326 e. The molecule has 0 saturated carbocycles. The molecule has 0 fully saturated rings. The Morgan fingerprint density at radius 3 is 2.18 bits per heavy atom. The lowest BCUT2D eigenvalue weighted by Crippen LogP contribution is -2.45. The largest absolute Gasteiger partial charge is 0.480 e. The van der Waals surface area contributed by atoms with Gasteiger partial charge in [0.15, 0.2) is 0 Å². The highest BCUT2D eigenvalue weighted by atomic mass is 35.5. The maximum Gasteiger partial charge on any atom is 0.326 e. The van der Waals surface area contributed by atoms with Crippen LogP contribution in [0, 0.1) is 5.41 Å². The third-order valence-electron chi connectivity index (χ3n) is 2.93. The highest BCUT2D eigenvalue weighted by molar-refractivity contribution is 6.30. The summed E-state index contributed by atoms with van der Waals surface area (Å²) in [6, 6.07) is 4.37. The Hall–Kier alpha value is -2.08. The van der Waals surface area contributed by atoms with Crippen LogP contribution in [0.1, 0.15) is 27.2 Å². The van der Waals surface area contributed by atoms with Gasteiger partial charge in [-0.3, -0.25) is 4.79 Å². The molecule has 0 aromatic heterocycles. The van der Waals surface area contributed by atoms with Crippen molar-refractivity contribution in [3.63, 3.8) is 0 Å². The second-order valence-electron chi connectivity index (χ2n) is 5.87. The highest BCUT2D eigenvalue weighted by Gasteiger charge is 2.29. The molecular weight excluding hydrogens is 308 g/mol. The van der Waals surface area contributed by atoms with E-state index in [4.69, 9.17) is 16.7 Å². The van der Waals surface area contributed by atoms with Crippen molar-refractivity contribution >= 4 is 35.1 Å². The summed E-state index contributed by atoms with van der Waals surface area (Å²) in [5, 5.41) is 14.4. The van der Waals surface area contributed by atoms with Gasteiger partial charge in [-0.15, -0.1) is 0 Å². The van der Waals surface area contributed by atoms with Crippen molar-refractivity contribution in [1.29, 1.82) is 0 Å². The summed E-state index contributed by atoms with van der Waals surface area (Å²) < 4.78 is 0. The van der Waals surface area contributed by atoms with Crippen molar-refractivity contribution in [2.75, 3.05) is 5.32 Å². The van der Waals surface area contributed by atoms with E-state index in [1.807, 2.05) is 0 Å². The van der Waals surface area contributed by atoms with Crippen LogP contribution >= 0.6 is 11.6 Å². The van der Waals surface area contributed by atoms with E-state index >= 15 is 0 Å². The predicted molar refractivity (Wildman–Crippen MR) is 84.1 cm³/mol. The molecule has 1 unspecified atom stereocenters. The van der Waals surface area contributed by atoms with Gasteiger partial charge in [0.2, 0.25) is 0 Å². The molecule has 0 heterocycles. The minimum atomic E-state index is -1.28. The van der Waals surface area contributed by atoms with Crippen LogP contribution in [0.25, 0.3) is 0 Å². The molecule has 0 saturated heterocycles. The van der Waals surface area contributed by atoms with E-state index in [-0.39, 0.29) is 12.2 Å². The van der Waals surface area contributed by atoms with Crippen LogP contribution in [-0.2, 0) is 9.59 Å². The number of carbonyl (C=O) groups is 3. The average molecular weight is 327 g/mol. The van der Waals surface area contributed by atoms with Gasteiger partial charge in [0, 0.05) is 22.5 Å². The summed E-state index contributed by atoms with van der Waals surface area (Å²) in [5.41, 5.74) is -0.199. The number of carboxylic acid groups (broad SMARTS) is 1. The first-order chi connectivity index (χ1) is 10.1. The number of halogens is 1. The van der Waals surface area contributed by atoms with Crippen molar-refractivity contribution in [3.05, 3.63) is 29.3 Å². The van der Waals surface area contributed by atoms with Gasteiger partial charge in [-0.1, -0.05) is 32.4 Å². The first-order valence-electron chi connectivity index (χ1n) is 6.69. The number of carboxylic acids is 1. The Bertz CT molecular complexity index is 564. The Kier molecular flexibility index (Phi) is 5.93. The SMILES string of the molecule is CC(C)(C)C(=O)CC(NC(=O)Nc1ccc(Cl)cc1)C(=O)O. The van der Waals surface area contributed by atoms with Gasteiger partial charge in [0.25, 0.3) is 0 Å². The molecule has 1 aromatic rings. The summed E-state index contributed by atoms with van der Waals surface area (Å²) in [4.78, 5) is 34.9. The maximum atomic E-state index is 11.9. The summed E-state index contributed by atoms with van der Waals surface area (Å²) in [5.74, 6) is -1.50. The monoisotopic (exact) mass is 326 g/mol. The van der Waals surface area contributed by atoms with E-state index in [2.05, 4.69) is 10.6 Å². The molecular formula is C15H19ClN2O4. The van der Waals surface area contributed by atoms with E-state index < -0.39 is 23.5 Å². The van der Waals surface area contributed by atoms with E-state index in [1.165, 1.54) is 0 Å². The minimum Gasteiger partial charge on any atom is -0.480 e.